The molecule has 0 aliphatic heterocycles. The minimum absolute atomic E-state index is 0.219. The smallest absolute Gasteiger partial charge is 0.321 e. The maximum absolute atomic E-state index is 11.4. The number of hydrogen-bond donors (Lipinski definition) is 2. The van der Waals surface area contributed by atoms with E-state index in [0.29, 0.717) is 11.7 Å². The Labute approximate surface area is 109 Å². The summed E-state index contributed by atoms with van der Waals surface area (Å²) in [5.74, 6) is 0. The van der Waals surface area contributed by atoms with E-state index in [1.807, 2.05) is 19.1 Å². The number of amides is 2. The average molecular weight is 262 g/mol. The number of hydrogen-bond acceptors (Lipinski definition) is 4. The molecule has 0 saturated heterocycles. The highest BCUT2D eigenvalue weighted by Gasteiger charge is 2.07. The van der Waals surface area contributed by atoms with Gasteiger partial charge in [0.05, 0.1) is 4.88 Å². The molecule has 2 heterocycles. The molecule has 0 fully saturated rings. The van der Waals surface area contributed by atoms with Gasteiger partial charge in [0, 0.05) is 30.7 Å². The molecule has 0 spiro atoms. The number of nitrogens with zero attached hydrogens (tertiary/aromatic N) is 2. The van der Waals surface area contributed by atoms with Gasteiger partial charge in [0.25, 0.3) is 0 Å². The summed E-state index contributed by atoms with van der Waals surface area (Å²) in [4.78, 5) is 20.6. The summed E-state index contributed by atoms with van der Waals surface area (Å²) in [6.07, 6.45) is 6.14. The van der Waals surface area contributed by atoms with Gasteiger partial charge in [0.15, 0.2) is 5.13 Å². The van der Waals surface area contributed by atoms with Crippen molar-refractivity contribution in [1.29, 1.82) is 0 Å². The molecule has 2 aromatic rings. The second-order valence-electron chi connectivity index (χ2n) is 3.65. The van der Waals surface area contributed by atoms with Crippen molar-refractivity contribution < 1.29 is 4.79 Å². The van der Waals surface area contributed by atoms with E-state index in [0.717, 1.165) is 16.9 Å². The summed E-state index contributed by atoms with van der Waals surface area (Å²) >= 11 is 1.42. The molecule has 5 nitrogen and oxygen atoms in total. The molecule has 0 bridgehead atoms. The summed E-state index contributed by atoms with van der Waals surface area (Å²) < 4.78 is 0. The van der Waals surface area contributed by atoms with Crippen LogP contribution in [0.3, 0.4) is 0 Å². The third-order valence-electron chi connectivity index (χ3n) is 2.21. The largest absolute Gasteiger partial charge is 0.338 e. The molecule has 0 aromatic carbocycles. The number of pyridine rings is 1. The Morgan fingerprint density at radius 3 is 3.06 bits per heavy atom. The first-order chi connectivity index (χ1) is 8.79. The lowest BCUT2D eigenvalue weighted by atomic mass is 10.3. The van der Waals surface area contributed by atoms with Crippen LogP contribution in [-0.2, 0) is 0 Å². The van der Waals surface area contributed by atoms with Crippen LogP contribution in [0.15, 0.2) is 30.7 Å². The van der Waals surface area contributed by atoms with E-state index in [-0.39, 0.29) is 6.03 Å². The first kappa shape index (κ1) is 12.5. The van der Waals surface area contributed by atoms with E-state index < -0.39 is 0 Å². The maximum Gasteiger partial charge on any atom is 0.321 e. The van der Waals surface area contributed by atoms with E-state index in [9.17, 15) is 4.79 Å². The summed E-state index contributed by atoms with van der Waals surface area (Å²) in [5, 5.41) is 6.02. The van der Waals surface area contributed by atoms with Gasteiger partial charge >= 0.3 is 6.03 Å². The van der Waals surface area contributed by atoms with Crippen molar-refractivity contribution in [3.05, 3.63) is 30.7 Å². The van der Waals surface area contributed by atoms with Crippen molar-refractivity contribution in [2.45, 2.75) is 13.3 Å². The highest BCUT2D eigenvalue weighted by molar-refractivity contribution is 7.19. The molecule has 0 atom stereocenters. The molecule has 0 saturated carbocycles. The second-order valence-corrected chi connectivity index (χ2v) is 4.68. The van der Waals surface area contributed by atoms with Crippen molar-refractivity contribution in [1.82, 2.24) is 15.3 Å². The van der Waals surface area contributed by atoms with Crippen molar-refractivity contribution in [3.63, 3.8) is 0 Å². The average Bonchev–Trinajstić information content (AvgIpc) is 2.86. The van der Waals surface area contributed by atoms with Gasteiger partial charge < -0.3 is 5.32 Å². The number of anilines is 1. The monoisotopic (exact) mass is 262 g/mol. The van der Waals surface area contributed by atoms with Gasteiger partial charge in [0.1, 0.15) is 0 Å². The fraction of sp³-hybridized carbons (Fsp3) is 0.250. The van der Waals surface area contributed by atoms with Crippen LogP contribution < -0.4 is 10.6 Å². The Morgan fingerprint density at radius 2 is 2.33 bits per heavy atom. The fourth-order valence-electron chi connectivity index (χ4n) is 1.35. The van der Waals surface area contributed by atoms with E-state index in [1.165, 1.54) is 11.3 Å². The summed E-state index contributed by atoms with van der Waals surface area (Å²) in [7, 11) is 0. The minimum atomic E-state index is -0.219. The molecule has 2 N–H and O–H groups in total. The first-order valence-electron chi connectivity index (χ1n) is 5.70. The highest BCUT2D eigenvalue weighted by Crippen LogP contribution is 2.27. The Morgan fingerprint density at radius 1 is 1.44 bits per heavy atom. The Bertz CT molecular complexity index is 512. The fourth-order valence-corrected chi connectivity index (χ4v) is 2.16. The van der Waals surface area contributed by atoms with Crippen LogP contribution in [0.1, 0.15) is 13.3 Å². The van der Waals surface area contributed by atoms with E-state index in [2.05, 4.69) is 20.6 Å². The van der Waals surface area contributed by atoms with Crippen LogP contribution in [-0.4, -0.2) is 22.5 Å². The van der Waals surface area contributed by atoms with Gasteiger partial charge in [-0.25, -0.2) is 9.78 Å². The second kappa shape index (κ2) is 6.11. The van der Waals surface area contributed by atoms with Gasteiger partial charge in [-0.15, -0.1) is 0 Å². The van der Waals surface area contributed by atoms with Crippen LogP contribution in [0.2, 0.25) is 0 Å². The Balaban J connectivity index is 2.00. The van der Waals surface area contributed by atoms with Gasteiger partial charge in [-0.05, 0) is 12.5 Å². The topological polar surface area (TPSA) is 66.9 Å². The molecule has 0 radical (unpaired) electrons. The zero-order valence-electron chi connectivity index (χ0n) is 10.0. The van der Waals surface area contributed by atoms with Crippen molar-refractivity contribution in [3.8, 4) is 10.4 Å². The lowest BCUT2D eigenvalue weighted by molar-refractivity contribution is 0.252. The van der Waals surface area contributed by atoms with Crippen LogP contribution in [0.5, 0.6) is 0 Å². The van der Waals surface area contributed by atoms with Crippen LogP contribution in [0.4, 0.5) is 9.93 Å². The van der Waals surface area contributed by atoms with E-state index >= 15 is 0 Å². The lowest BCUT2D eigenvalue weighted by Crippen LogP contribution is -2.29. The third-order valence-corrected chi connectivity index (χ3v) is 3.17. The van der Waals surface area contributed by atoms with Crippen molar-refractivity contribution in [2.75, 3.05) is 11.9 Å². The van der Waals surface area contributed by atoms with Crippen LogP contribution >= 0.6 is 11.3 Å². The van der Waals surface area contributed by atoms with Crippen LogP contribution in [0, 0.1) is 0 Å². The van der Waals surface area contributed by atoms with Crippen molar-refractivity contribution in [2.24, 2.45) is 0 Å². The van der Waals surface area contributed by atoms with Crippen LogP contribution in [0.25, 0.3) is 10.4 Å². The molecule has 0 unspecified atom stereocenters. The van der Waals surface area contributed by atoms with Gasteiger partial charge in [-0.3, -0.25) is 10.3 Å². The van der Waals surface area contributed by atoms with Gasteiger partial charge in [0.2, 0.25) is 0 Å². The number of carbonyl (C=O) groups excluding carboxylic acids is 1. The molecule has 2 rings (SSSR count). The number of carbonyl (C=O) groups is 1. The SMILES string of the molecule is CCCNC(=O)Nc1ncc(-c2cccnc2)s1. The molecule has 6 heteroatoms. The standard InChI is InChI=1S/C12H14N4OS/c1-2-5-14-11(17)16-12-15-8-10(18-12)9-4-3-6-13-7-9/h3-4,6-8H,2,5H2,1H3,(H2,14,15,16,17). The normalized spacial score (nSPS) is 10.1. The molecule has 94 valence electrons. The molecule has 2 amide bonds. The first-order valence-corrected chi connectivity index (χ1v) is 6.52. The number of nitrogens with one attached hydrogen (secondary N) is 2. The number of urea groups is 1. The summed E-state index contributed by atoms with van der Waals surface area (Å²) in [6, 6.07) is 3.61. The highest BCUT2D eigenvalue weighted by atomic mass is 32.1. The Kier molecular flexibility index (Phi) is 4.25. The quantitative estimate of drug-likeness (QED) is 0.890. The minimum Gasteiger partial charge on any atom is -0.338 e. The van der Waals surface area contributed by atoms with Gasteiger partial charge in [-0.1, -0.05) is 24.3 Å². The molecular formula is C12H14N4OS. The third kappa shape index (κ3) is 3.27. The van der Waals surface area contributed by atoms with E-state index in [4.69, 9.17) is 0 Å². The van der Waals surface area contributed by atoms with E-state index in [1.54, 1.807) is 18.6 Å². The van der Waals surface area contributed by atoms with Crippen molar-refractivity contribution >= 4 is 22.5 Å². The molecule has 0 aliphatic rings. The summed E-state index contributed by atoms with van der Waals surface area (Å²) in [6.45, 7) is 2.66. The molecule has 0 aliphatic carbocycles. The lowest BCUT2D eigenvalue weighted by Gasteiger charge is -2.02. The zero-order chi connectivity index (χ0) is 12.8. The number of rotatable bonds is 4. The number of aromatic nitrogens is 2. The summed E-state index contributed by atoms with van der Waals surface area (Å²) in [5.41, 5.74) is 0.997. The predicted octanol–water partition coefficient (Wildman–Crippen LogP) is 2.74. The zero-order valence-corrected chi connectivity index (χ0v) is 10.8. The maximum atomic E-state index is 11.4. The molecular weight excluding hydrogens is 248 g/mol. The predicted molar refractivity (Wildman–Crippen MR) is 72.7 cm³/mol. The molecule has 2 aromatic heterocycles. The Hall–Kier alpha value is -1.95. The molecule has 18 heavy (non-hydrogen) atoms. The van der Waals surface area contributed by atoms with Gasteiger partial charge in [-0.2, -0.15) is 0 Å². The number of thiazole rings is 1.